The highest BCUT2D eigenvalue weighted by atomic mass is 35.5. The van der Waals surface area contributed by atoms with E-state index in [2.05, 4.69) is 11.4 Å². The van der Waals surface area contributed by atoms with Crippen LogP contribution in [0.2, 0.25) is 10.0 Å². The summed E-state index contributed by atoms with van der Waals surface area (Å²) in [4.78, 5) is 1.21. The van der Waals surface area contributed by atoms with Crippen molar-refractivity contribution < 1.29 is 0 Å². The molecule has 2 aromatic rings. The molecule has 1 unspecified atom stereocenters. The molecule has 0 spiro atoms. The van der Waals surface area contributed by atoms with Gasteiger partial charge in [-0.05, 0) is 42.9 Å². The molecule has 2 rings (SSSR count). The molecule has 0 heterocycles. The Hall–Kier alpha value is -0.670. The molecular formula is C15H15Cl2NS. The molecule has 0 bridgehead atoms. The van der Waals surface area contributed by atoms with Crippen molar-refractivity contribution in [3.05, 3.63) is 64.1 Å². The Balaban J connectivity index is 2.04. The van der Waals surface area contributed by atoms with Gasteiger partial charge in [0.1, 0.15) is 0 Å². The van der Waals surface area contributed by atoms with Crippen molar-refractivity contribution in [2.45, 2.75) is 10.9 Å². The van der Waals surface area contributed by atoms with Gasteiger partial charge in [-0.2, -0.15) is 0 Å². The summed E-state index contributed by atoms with van der Waals surface area (Å²) in [5.74, 6) is 0.919. The number of hydrogen-bond acceptors (Lipinski definition) is 2. The van der Waals surface area contributed by atoms with Crippen LogP contribution >= 0.6 is 35.0 Å². The van der Waals surface area contributed by atoms with E-state index in [1.165, 1.54) is 4.90 Å². The summed E-state index contributed by atoms with van der Waals surface area (Å²) in [6, 6.07) is 16.1. The zero-order valence-corrected chi connectivity index (χ0v) is 12.9. The molecule has 0 aliphatic heterocycles. The summed E-state index contributed by atoms with van der Waals surface area (Å²) < 4.78 is 0. The Morgan fingerprint density at radius 1 is 1.05 bits per heavy atom. The molecule has 0 saturated heterocycles. The number of nitrogens with one attached hydrogen (secondary N) is 1. The Kier molecular flexibility index (Phi) is 5.59. The van der Waals surface area contributed by atoms with E-state index in [0.29, 0.717) is 0 Å². The average Bonchev–Trinajstić information content (AvgIpc) is 2.43. The van der Waals surface area contributed by atoms with Crippen LogP contribution in [-0.2, 0) is 0 Å². The van der Waals surface area contributed by atoms with Crippen molar-refractivity contribution in [3.63, 3.8) is 0 Å². The molecular weight excluding hydrogens is 297 g/mol. The fourth-order valence-corrected chi connectivity index (χ4v) is 3.22. The highest BCUT2D eigenvalue weighted by molar-refractivity contribution is 7.99. The van der Waals surface area contributed by atoms with Gasteiger partial charge in [0, 0.05) is 26.7 Å². The van der Waals surface area contributed by atoms with Gasteiger partial charge in [0.25, 0.3) is 0 Å². The molecule has 0 aliphatic carbocycles. The lowest BCUT2D eigenvalue weighted by Gasteiger charge is -2.17. The number of halogens is 2. The van der Waals surface area contributed by atoms with Crippen molar-refractivity contribution in [3.8, 4) is 0 Å². The van der Waals surface area contributed by atoms with Crippen LogP contribution in [0.5, 0.6) is 0 Å². The zero-order valence-electron chi connectivity index (χ0n) is 10.6. The lowest BCUT2D eigenvalue weighted by molar-refractivity contribution is 0.662. The highest BCUT2D eigenvalue weighted by Crippen LogP contribution is 2.29. The van der Waals surface area contributed by atoms with Crippen molar-refractivity contribution in [1.82, 2.24) is 5.32 Å². The number of thioether (sulfide) groups is 1. The van der Waals surface area contributed by atoms with Crippen LogP contribution in [0.4, 0.5) is 0 Å². The summed E-state index contributed by atoms with van der Waals surface area (Å²) in [5.41, 5.74) is 1.13. The minimum Gasteiger partial charge on any atom is -0.312 e. The third kappa shape index (κ3) is 4.15. The summed E-state index contributed by atoms with van der Waals surface area (Å²) in [6.45, 7) is 0. The minimum atomic E-state index is 0.231. The lowest BCUT2D eigenvalue weighted by atomic mass is 10.1. The van der Waals surface area contributed by atoms with Crippen LogP contribution in [0.3, 0.4) is 0 Å². The van der Waals surface area contributed by atoms with Gasteiger partial charge >= 0.3 is 0 Å². The second-order valence-corrected chi connectivity index (χ2v) is 6.06. The monoisotopic (exact) mass is 311 g/mol. The second-order valence-electron chi connectivity index (χ2n) is 4.13. The molecule has 0 saturated carbocycles. The smallest absolute Gasteiger partial charge is 0.0454 e. The van der Waals surface area contributed by atoms with Crippen LogP contribution in [0.25, 0.3) is 0 Å². The normalized spacial score (nSPS) is 12.4. The number of benzene rings is 2. The predicted molar refractivity (Wildman–Crippen MR) is 85.4 cm³/mol. The zero-order chi connectivity index (χ0) is 13.7. The van der Waals surface area contributed by atoms with Crippen molar-refractivity contribution in [1.29, 1.82) is 0 Å². The van der Waals surface area contributed by atoms with E-state index in [1.54, 1.807) is 11.8 Å². The van der Waals surface area contributed by atoms with Gasteiger partial charge < -0.3 is 5.32 Å². The van der Waals surface area contributed by atoms with Crippen LogP contribution in [0, 0.1) is 0 Å². The molecule has 0 aliphatic rings. The van der Waals surface area contributed by atoms with Crippen molar-refractivity contribution in [2.24, 2.45) is 0 Å². The molecule has 1 nitrogen and oxygen atoms in total. The Labute approximate surface area is 128 Å². The maximum atomic E-state index is 6.23. The molecule has 19 heavy (non-hydrogen) atoms. The van der Waals surface area contributed by atoms with E-state index in [9.17, 15) is 0 Å². The SMILES string of the molecule is CNC(CSc1ccc(Cl)cc1)c1ccccc1Cl. The number of hydrogen-bond donors (Lipinski definition) is 1. The first kappa shape index (κ1) is 14.7. The molecule has 1 atom stereocenters. The third-order valence-electron chi connectivity index (χ3n) is 2.86. The first-order valence-corrected chi connectivity index (χ1v) is 7.75. The van der Waals surface area contributed by atoms with E-state index in [4.69, 9.17) is 23.2 Å². The fraction of sp³-hybridized carbons (Fsp3) is 0.200. The molecule has 1 N–H and O–H groups in total. The van der Waals surface area contributed by atoms with Gasteiger partial charge in [0.2, 0.25) is 0 Å². The quantitative estimate of drug-likeness (QED) is 0.776. The van der Waals surface area contributed by atoms with Gasteiger partial charge in [0.05, 0.1) is 0 Å². The van der Waals surface area contributed by atoms with Crippen LogP contribution < -0.4 is 5.32 Å². The molecule has 0 amide bonds. The Morgan fingerprint density at radius 3 is 2.37 bits per heavy atom. The molecule has 2 aromatic carbocycles. The van der Waals surface area contributed by atoms with Gasteiger partial charge in [-0.1, -0.05) is 41.4 Å². The van der Waals surface area contributed by atoms with Crippen molar-refractivity contribution in [2.75, 3.05) is 12.8 Å². The molecule has 100 valence electrons. The number of rotatable bonds is 5. The molecule has 0 radical (unpaired) electrons. The third-order valence-corrected chi connectivity index (χ3v) is 4.56. The lowest BCUT2D eigenvalue weighted by Crippen LogP contribution is -2.19. The first-order valence-electron chi connectivity index (χ1n) is 6.01. The van der Waals surface area contributed by atoms with Gasteiger partial charge in [-0.25, -0.2) is 0 Å². The topological polar surface area (TPSA) is 12.0 Å². The summed E-state index contributed by atoms with van der Waals surface area (Å²) in [6.07, 6.45) is 0. The minimum absolute atomic E-state index is 0.231. The standard InChI is InChI=1S/C15H15Cl2NS/c1-18-15(13-4-2-3-5-14(13)17)10-19-12-8-6-11(16)7-9-12/h2-9,15,18H,10H2,1H3. The maximum absolute atomic E-state index is 6.23. The second kappa shape index (κ2) is 7.20. The van der Waals surface area contributed by atoms with Gasteiger partial charge in [0.15, 0.2) is 0 Å². The summed E-state index contributed by atoms with van der Waals surface area (Å²) >= 11 is 13.9. The Bertz CT molecular complexity index is 528. The fourth-order valence-electron chi connectivity index (χ4n) is 1.80. The van der Waals surface area contributed by atoms with E-state index in [1.807, 2.05) is 49.5 Å². The van der Waals surface area contributed by atoms with Crippen molar-refractivity contribution >= 4 is 35.0 Å². The van der Waals surface area contributed by atoms with E-state index in [0.717, 1.165) is 21.4 Å². The van der Waals surface area contributed by atoms with Gasteiger partial charge in [-0.3, -0.25) is 0 Å². The highest BCUT2D eigenvalue weighted by Gasteiger charge is 2.12. The predicted octanol–water partition coefficient (Wildman–Crippen LogP) is 5.05. The van der Waals surface area contributed by atoms with Crippen LogP contribution in [0.1, 0.15) is 11.6 Å². The van der Waals surface area contributed by atoms with E-state index in [-0.39, 0.29) is 6.04 Å². The molecule has 0 fully saturated rings. The van der Waals surface area contributed by atoms with Crippen LogP contribution in [0.15, 0.2) is 53.4 Å². The van der Waals surface area contributed by atoms with E-state index < -0.39 is 0 Å². The molecule has 0 aromatic heterocycles. The first-order chi connectivity index (χ1) is 9.20. The molecule has 4 heteroatoms. The summed E-state index contributed by atoms with van der Waals surface area (Å²) in [5, 5.41) is 4.88. The summed E-state index contributed by atoms with van der Waals surface area (Å²) in [7, 11) is 1.95. The van der Waals surface area contributed by atoms with E-state index >= 15 is 0 Å². The maximum Gasteiger partial charge on any atom is 0.0454 e. The average molecular weight is 312 g/mol. The largest absolute Gasteiger partial charge is 0.312 e. The Morgan fingerprint density at radius 2 is 1.74 bits per heavy atom. The van der Waals surface area contributed by atoms with Gasteiger partial charge in [-0.15, -0.1) is 11.8 Å². The van der Waals surface area contributed by atoms with Crippen LogP contribution in [-0.4, -0.2) is 12.8 Å².